The molecule has 8 heteroatoms. The monoisotopic (exact) mass is 285 g/mol. The second-order valence-electron chi connectivity index (χ2n) is 4.91. The summed E-state index contributed by atoms with van der Waals surface area (Å²) in [5.74, 6) is -1.87. The van der Waals surface area contributed by atoms with E-state index in [2.05, 4.69) is 0 Å². The summed E-state index contributed by atoms with van der Waals surface area (Å²) in [6.45, 7) is -1.27. The van der Waals surface area contributed by atoms with Gasteiger partial charge in [-0.3, -0.25) is 4.79 Å². The average molecular weight is 285 g/mol. The van der Waals surface area contributed by atoms with Gasteiger partial charge in [0.2, 0.25) is 5.91 Å². The zero-order valence-corrected chi connectivity index (χ0v) is 10.4. The van der Waals surface area contributed by atoms with Gasteiger partial charge in [0, 0.05) is 6.04 Å². The van der Waals surface area contributed by atoms with Crippen LogP contribution >= 0.6 is 0 Å². The molecule has 1 aliphatic carbocycles. The van der Waals surface area contributed by atoms with Gasteiger partial charge in [-0.1, -0.05) is 0 Å². The van der Waals surface area contributed by atoms with Crippen molar-refractivity contribution in [3.8, 4) is 0 Å². The highest BCUT2D eigenvalue weighted by Crippen LogP contribution is 2.33. The molecule has 0 bridgehead atoms. The lowest BCUT2D eigenvalue weighted by atomic mass is 10.1. The maximum absolute atomic E-state index is 12.4. The van der Waals surface area contributed by atoms with Gasteiger partial charge in [0.05, 0.1) is 17.4 Å². The molecule has 1 amide bonds. The van der Waals surface area contributed by atoms with E-state index >= 15 is 0 Å². The Balaban J connectivity index is 2.05. The molecule has 2 rings (SSSR count). The normalized spacial score (nSPS) is 27.2. The van der Waals surface area contributed by atoms with E-state index in [1.54, 1.807) is 0 Å². The summed E-state index contributed by atoms with van der Waals surface area (Å²) >= 11 is 0. The van der Waals surface area contributed by atoms with Gasteiger partial charge in [-0.2, -0.15) is 13.2 Å². The molecule has 2 aliphatic rings. The Labute approximate surface area is 103 Å². The topological polar surface area (TPSA) is 54.5 Å². The summed E-state index contributed by atoms with van der Waals surface area (Å²) < 4.78 is 59.6. The fourth-order valence-corrected chi connectivity index (χ4v) is 3.92. The van der Waals surface area contributed by atoms with E-state index in [4.69, 9.17) is 0 Å². The van der Waals surface area contributed by atoms with Gasteiger partial charge >= 0.3 is 6.18 Å². The molecule has 1 atom stereocenters. The molecule has 0 aromatic heterocycles. The fourth-order valence-electron chi connectivity index (χ4n) is 2.19. The molecule has 104 valence electrons. The Kier molecular flexibility index (Phi) is 3.33. The lowest BCUT2D eigenvalue weighted by Gasteiger charge is -2.26. The van der Waals surface area contributed by atoms with E-state index < -0.39 is 34.4 Å². The molecule has 4 nitrogen and oxygen atoms in total. The van der Waals surface area contributed by atoms with Crippen LogP contribution in [0, 0.1) is 5.92 Å². The summed E-state index contributed by atoms with van der Waals surface area (Å²) in [7, 11) is -3.25. The van der Waals surface area contributed by atoms with Crippen molar-refractivity contribution in [3.05, 3.63) is 0 Å². The van der Waals surface area contributed by atoms with Crippen molar-refractivity contribution in [3.63, 3.8) is 0 Å². The predicted octanol–water partition coefficient (Wildman–Crippen LogP) is 0.974. The molecule has 0 aromatic carbocycles. The summed E-state index contributed by atoms with van der Waals surface area (Å²) in [4.78, 5) is 12.8. The number of carbonyl (C=O) groups excluding carboxylic acids is 1. The quantitative estimate of drug-likeness (QED) is 0.776. The van der Waals surface area contributed by atoms with Gasteiger partial charge in [-0.05, 0) is 19.3 Å². The molecule has 0 N–H and O–H groups in total. The fraction of sp³-hybridized carbons (Fsp3) is 0.900. The van der Waals surface area contributed by atoms with Crippen LogP contribution in [0.25, 0.3) is 0 Å². The number of sulfone groups is 1. The predicted molar refractivity (Wildman–Crippen MR) is 57.6 cm³/mol. The van der Waals surface area contributed by atoms with Crippen LogP contribution in [-0.4, -0.2) is 49.5 Å². The maximum atomic E-state index is 12.4. The van der Waals surface area contributed by atoms with Crippen LogP contribution in [0.2, 0.25) is 0 Å². The Morgan fingerprint density at radius 3 is 2.22 bits per heavy atom. The first-order valence-electron chi connectivity index (χ1n) is 5.76. The van der Waals surface area contributed by atoms with Crippen LogP contribution in [0.5, 0.6) is 0 Å². The number of nitrogens with zero attached hydrogens (tertiary/aromatic N) is 1. The van der Waals surface area contributed by atoms with Crippen molar-refractivity contribution in [1.82, 2.24) is 4.90 Å². The van der Waals surface area contributed by atoms with Crippen molar-refractivity contribution in [2.24, 2.45) is 5.92 Å². The van der Waals surface area contributed by atoms with E-state index in [9.17, 15) is 26.4 Å². The number of halogens is 3. The summed E-state index contributed by atoms with van der Waals surface area (Å²) in [6.07, 6.45) is -3.15. The molecule has 0 spiro atoms. The third-order valence-electron chi connectivity index (χ3n) is 3.20. The van der Waals surface area contributed by atoms with Crippen LogP contribution in [0.4, 0.5) is 13.2 Å². The molecule has 2 fully saturated rings. The maximum Gasteiger partial charge on any atom is 0.406 e. The van der Waals surface area contributed by atoms with E-state index in [1.807, 2.05) is 0 Å². The lowest BCUT2D eigenvalue weighted by Crippen LogP contribution is -2.43. The lowest BCUT2D eigenvalue weighted by molar-refractivity contribution is -0.164. The summed E-state index contributed by atoms with van der Waals surface area (Å²) in [6, 6.07) is -0.359. The van der Waals surface area contributed by atoms with E-state index in [0.717, 1.165) is 4.90 Å². The van der Waals surface area contributed by atoms with Crippen LogP contribution in [-0.2, 0) is 14.6 Å². The number of hydrogen-bond acceptors (Lipinski definition) is 3. The van der Waals surface area contributed by atoms with Crippen LogP contribution in [0.3, 0.4) is 0 Å². The first kappa shape index (κ1) is 13.6. The highest BCUT2D eigenvalue weighted by Gasteiger charge is 2.44. The van der Waals surface area contributed by atoms with E-state index in [0.29, 0.717) is 12.8 Å². The third-order valence-corrected chi connectivity index (χ3v) is 4.97. The van der Waals surface area contributed by atoms with Crippen molar-refractivity contribution in [2.45, 2.75) is 31.5 Å². The standard InChI is InChI=1S/C10H14F3NO3S/c11-10(12,13)6-14(8-1-2-8)9(15)7-3-4-18(16,17)5-7/h7-8H,1-6H2. The number of amides is 1. The van der Waals surface area contributed by atoms with Crippen molar-refractivity contribution < 1.29 is 26.4 Å². The Hall–Kier alpha value is -0.790. The van der Waals surface area contributed by atoms with Gasteiger partial charge in [0.15, 0.2) is 9.84 Å². The van der Waals surface area contributed by atoms with Crippen LogP contribution < -0.4 is 0 Å². The van der Waals surface area contributed by atoms with Crippen molar-refractivity contribution in [2.75, 3.05) is 18.1 Å². The number of alkyl halides is 3. The molecular weight excluding hydrogens is 271 g/mol. The second-order valence-corrected chi connectivity index (χ2v) is 7.14. The second kappa shape index (κ2) is 4.40. The molecule has 18 heavy (non-hydrogen) atoms. The van der Waals surface area contributed by atoms with Crippen LogP contribution in [0.15, 0.2) is 0 Å². The largest absolute Gasteiger partial charge is 0.406 e. The Bertz CT molecular complexity index is 442. The van der Waals surface area contributed by atoms with Gasteiger partial charge in [-0.25, -0.2) is 8.42 Å². The molecule has 0 aromatic rings. The SMILES string of the molecule is O=C(C1CCS(=O)(=O)C1)N(CC(F)(F)F)C1CC1. The molecule has 1 saturated heterocycles. The van der Waals surface area contributed by atoms with Gasteiger partial charge in [0.25, 0.3) is 0 Å². The summed E-state index contributed by atoms with van der Waals surface area (Å²) in [5, 5.41) is 0. The number of hydrogen-bond donors (Lipinski definition) is 0. The first-order valence-corrected chi connectivity index (χ1v) is 7.58. The molecule has 0 radical (unpaired) electrons. The average Bonchev–Trinajstić information content (AvgIpc) is 2.97. The number of carbonyl (C=O) groups is 1. The van der Waals surface area contributed by atoms with Crippen LogP contribution in [0.1, 0.15) is 19.3 Å². The Morgan fingerprint density at radius 2 is 1.83 bits per heavy atom. The summed E-state index contributed by atoms with van der Waals surface area (Å²) in [5.41, 5.74) is 0. The van der Waals surface area contributed by atoms with Gasteiger partial charge in [0.1, 0.15) is 6.54 Å². The zero-order chi connectivity index (χ0) is 13.6. The van der Waals surface area contributed by atoms with Crippen molar-refractivity contribution in [1.29, 1.82) is 0 Å². The van der Waals surface area contributed by atoms with Crippen molar-refractivity contribution >= 4 is 15.7 Å². The molecule has 1 unspecified atom stereocenters. The minimum atomic E-state index is -4.43. The molecule has 1 aliphatic heterocycles. The van der Waals surface area contributed by atoms with Gasteiger partial charge < -0.3 is 4.90 Å². The van der Waals surface area contributed by atoms with E-state index in [1.165, 1.54) is 0 Å². The van der Waals surface area contributed by atoms with E-state index in [-0.39, 0.29) is 24.0 Å². The molecular formula is C10H14F3NO3S. The highest BCUT2D eigenvalue weighted by atomic mass is 32.2. The minimum Gasteiger partial charge on any atom is -0.330 e. The van der Waals surface area contributed by atoms with Gasteiger partial charge in [-0.15, -0.1) is 0 Å². The smallest absolute Gasteiger partial charge is 0.330 e. The highest BCUT2D eigenvalue weighted by molar-refractivity contribution is 7.91. The first-order chi connectivity index (χ1) is 8.18. The number of rotatable bonds is 3. The Morgan fingerprint density at radius 1 is 1.22 bits per heavy atom. The third kappa shape index (κ3) is 3.37. The molecule has 1 saturated carbocycles. The minimum absolute atomic E-state index is 0.103. The zero-order valence-electron chi connectivity index (χ0n) is 9.61. The molecule has 1 heterocycles.